The van der Waals surface area contributed by atoms with Gasteiger partial charge in [0, 0.05) is 6.04 Å². The van der Waals surface area contributed by atoms with Crippen molar-refractivity contribution in [3.8, 4) is 11.5 Å². The third-order valence-corrected chi connectivity index (χ3v) is 3.54. The molecule has 94 valence electrons. The predicted molar refractivity (Wildman–Crippen MR) is 68.7 cm³/mol. The molecule has 0 saturated carbocycles. The molecule has 2 unspecified atom stereocenters. The van der Waals surface area contributed by atoms with E-state index in [-0.39, 0.29) is 0 Å². The molecule has 17 heavy (non-hydrogen) atoms. The lowest BCUT2D eigenvalue weighted by molar-refractivity contribution is 0.303. The van der Waals surface area contributed by atoms with Crippen LogP contribution in [0.1, 0.15) is 31.4 Å². The molecule has 1 N–H and O–H groups in total. The summed E-state index contributed by atoms with van der Waals surface area (Å²) in [5.41, 5.74) is 1.29. The molecule has 2 atom stereocenters. The third kappa shape index (κ3) is 2.55. The van der Waals surface area contributed by atoms with Gasteiger partial charge >= 0.3 is 0 Å². The maximum absolute atomic E-state index is 5.35. The van der Waals surface area contributed by atoms with Gasteiger partial charge in [0.25, 0.3) is 0 Å². The largest absolute Gasteiger partial charge is 0.493 e. The number of piperidine rings is 1. The van der Waals surface area contributed by atoms with E-state index in [0.717, 1.165) is 18.0 Å². The molecule has 0 spiro atoms. The van der Waals surface area contributed by atoms with Gasteiger partial charge in [-0.3, -0.25) is 0 Å². The van der Waals surface area contributed by atoms with Crippen molar-refractivity contribution < 1.29 is 9.47 Å². The Kier molecular flexibility index (Phi) is 3.89. The van der Waals surface area contributed by atoms with E-state index in [2.05, 4.69) is 24.4 Å². The SMILES string of the molecule is COc1ccc(C2NCCCC2C)cc1OC. The van der Waals surface area contributed by atoms with Crippen molar-refractivity contribution in [2.75, 3.05) is 20.8 Å². The zero-order valence-electron chi connectivity index (χ0n) is 10.8. The molecular formula is C14H21NO2. The molecule has 1 aromatic rings. The van der Waals surface area contributed by atoms with Gasteiger partial charge < -0.3 is 14.8 Å². The van der Waals surface area contributed by atoms with Crippen molar-refractivity contribution in [3.63, 3.8) is 0 Å². The molecule has 1 aliphatic rings. The Labute approximate surface area is 103 Å². The summed E-state index contributed by atoms with van der Waals surface area (Å²) in [6.07, 6.45) is 2.55. The minimum Gasteiger partial charge on any atom is -0.493 e. The molecular weight excluding hydrogens is 214 g/mol. The lowest BCUT2D eigenvalue weighted by Crippen LogP contribution is -2.32. The predicted octanol–water partition coefficient (Wildman–Crippen LogP) is 2.76. The molecule has 1 fully saturated rings. The summed E-state index contributed by atoms with van der Waals surface area (Å²) in [6, 6.07) is 6.62. The Hall–Kier alpha value is -1.22. The summed E-state index contributed by atoms with van der Waals surface area (Å²) in [4.78, 5) is 0. The number of methoxy groups -OCH3 is 2. The van der Waals surface area contributed by atoms with Gasteiger partial charge in [0.2, 0.25) is 0 Å². The van der Waals surface area contributed by atoms with Crippen LogP contribution in [0.5, 0.6) is 11.5 Å². The molecule has 1 aliphatic heterocycles. The fraction of sp³-hybridized carbons (Fsp3) is 0.571. The normalized spacial score (nSPS) is 24.4. The smallest absolute Gasteiger partial charge is 0.161 e. The molecule has 0 amide bonds. The van der Waals surface area contributed by atoms with Gasteiger partial charge in [0.05, 0.1) is 14.2 Å². The van der Waals surface area contributed by atoms with Gasteiger partial charge in [-0.05, 0) is 43.0 Å². The Bertz CT molecular complexity index is 378. The van der Waals surface area contributed by atoms with Crippen molar-refractivity contribution in [1.29, 1.82) is 0 Å². The second-order valence-electron chi connectivity index (χ2n) is 4.67. The van der Waals surface area contributed by atoms with E-state index in [0.29, 0.717) is 12.0 Å². The summed E-state index contributed by atoms with van der Waals surface area (Å²) in [5.74, 6) is 2.27. The Morgan fingerprint density at radius 1 is 1.18 bits per heavy atom. The van der Waals surface area contributed by atoms with Gasteiger partial charge in [-0.2, -0.15) is 0 Å². The number of benzene rings is 1. The van der Waals surface area contributed by atoms with Crippen LogP contribution >= 0.6 is 0 Å². The molecule has 1 heterocycles. The average Bonchev–Trinajstić information content (AvgIpc) is 2.38. The van der Waals surface area contributed by atoms with Gasteiger partial charge in [0.15, 0.2) is 11.5 Å². The summed E-state index contributed by atoms with van der Waals surface area (Å²) < 4.78 is 10.6. The van der Waals surface area contributed by atoms with Gasteiger partial charge in [-0.15, -0.1) is 0 Å². The Balaban J connectivity index is 2.25. The van der Waals surface area contributed by atoms with Crippen LogP contribution in [0.15, 0.2) is 18.2 Å². The standard InChI is InChI=1S/C14H21NO2/c1-10-5-4-8-15-14(10)11-6-7-12(16-2)13(9-11)17-3/h6-7,9-10,14-15H,4-5,8H2,1-3H3. The second-order valence-corrected chi connectivity index (χ2v) is 4.67. The first-order chi connectivity index (χ1) is 8.26. The number of nitrogens with one attached hydrogen (secondary N) is 1. The molecule has 0 radical (unpaired) electrons. The highest BCUT2D eigenvalue weighted by Crippen LogP contribution is 2.34. The van der Waals surface area contributed by atoms with Crippen molar-refractivity contribution in [3.05, 3.63) is 23.8 Å². The van der Waals surface area contributed by atoms with Crippen molar-refractivity contribution in [2.45, 2.75) is 25.8 Å². The van der Waals surface area contributed by atoms with Crippen LogP contribution in [0.4, 0.5) is 0 Å². The zero-order chi connectivity index (χ0) is 12.3. The molecule has 3 heteroatoms. The number of hydrogen-bond acceptors (Lipinski definition) is 3. The first kappa shape index (κ1) is 12.2. The fourth-order valence-corrected chi connectivity index (χ4v) is 2.54. The van der Waals surface area contributed by atoms with Crippen LogP contribution in [0, 0.1) is 5.92 Å². The van der Waals surface area contributed by atoms with Crippen LogP contribution in [-0.4, -0.2) is 20.8 Å². The number of rotatable bonds is 3. The molecule has 1 saturated heterocycles. The van der Waals surface area contributed by atoms with Crippen LogP contribution in [0.25, 0.3) is 0 Å². The van der Waals surface area contributed by atoms with Crippen LogP contribution < -0.4 is 14.8 Å². The van der Waals surface area contributed by atoms with E-state index in [1.165, 1.54) is 18.4 Å². The van der Waals surface area contributed by atoms with Gasteiger partial charge in [0.1, 0.15) is 0 Å². The van der Waals surface area contributed by atoms with E-state index < -0.39 is 0 Å². The number of hydrogen-bond donors (Lipinski definition) is 1. The van der Waals surface area contributed by atoms with Crippen molar-refractivity contribution >= 4 is 0 Å². The molecule has 0 aromatic heterocycles. The van der Waals surface area contributed by atoms with Gasteiger partial charge in [-0.1, -0.05) is 13.0 Å². The minimum absolute atomic E-state index is 0.434. The highest BCUT2D eigenvalue weighted by molar-refractivity contribution is 5.44. The molecule has 3 nitrogen and oxygen atoms in total. The minimum atomic E-state index is 0.434. The highest BCUT2D eigenvalue weighted by atomic mass is 16.5. The van der Waals surface area contributed by atoms with E-state index >= 15 is 0 Å². The van der Waals surface area contributed by atoms with Gasteiger partial charge in [-0.25, -0.2) is 0 Å². The highest BCUT2D eigenvalue weighted by Gasteiger charge is 2.23. The summed E-state index contributed by atoms with van der Waals surface area (Å²) in [6.45, 7) is 3.40. The molecule has 0 bridgehead atoms. The Morgan fingerprint density at radius 3 is 2.59 bits per heavy atom. The average molecular weight is 235 g/mol. The van der Waals surface area contributed by atoms with Crippen LogP contribution in [0.3, 0.4) is 0 Å². The molecule has 1 aromatic carbocycles. The lowest BCUT2D eigenvalue weighted by Gasteiger charge is -2.30. The quantitative estimate of drug-likeness (QED) is 0.874. The maximum Gasteiger partial charge on any atom is 0.161 e. The van der Waals surface area contributed by atoms with E-state index in [9.17, 15) is 0 Å². The summed E-state index contributed by atoms with van der Waals surface area (Å²) in [7, 11) is 3.35. The van der Waals surface area contributed by atoms with E-state index in [4.69, 9.17) is 9.47 Å². The lowest BCUT2D eigenvalue weighted by atomic mass is 9.88. The maximum atomic E-state index is 5.35. The van der Waals surface area contributed by atoms with Crippen LogP contribution in [-0.2, 0) is 0 Å². The van der Waals surface area contributed by atoms with Crippen LogP contribution in [0.2, 0.25) is 0 Å². The number of ether oxygens (including phenoxy) is 2. The third-order valence-electron chi connectivity index (χ3n) is 3.54. The first-order valence-corrected chi connectivity index (χ1v) is 6.21. The summed E-state index contributed by atoms with van der Waals surface area (Å²) in [5, 5.41) is 3.58. The monoisotopic (exact) mass is 235 g/mol. The van der Waals surface area contributed by atoms with Crippen molar-refractivity contribution in [2.24, 2.45) is 5.92 Å². The van der Waals surface area contributed by atoms with Crippen molar-refractivity contribution in [1.82, 2.24) is 5.32 Å². The molecule has 0 aliphatic carbocycles. The Morgan fingerprint density at radius 2 is 1.94 bits per heavy atom. The van der Waals surface area contributed by atoms with E-state index in [1.54, 1.807) is 14.2 Å². The zero-order valence-corrected chi connectivity index (χ0v) is 10.8. The van der Waals surface area contributed by atoms with E-state index in [1.807, 2.05) is 6.07 Å². The second kappa shape index (κ2) is 5.41. The molecule has 2 rings (SSSR count). The fourth-order valence-electron chi connectivity index (χ4n) is 2.54. The summed E-state index contributed by atoms with van der Waals surface area (Å²) >= 11 is 0. The topological polar surface area (TPSA) is 30.5 Å². The first-order valence-electron chi connectivity index (χ1n) is 6.21.